The summed E-state index contributed by atoms with van der Waals surface area (Å²) in [6, 6.07) is 7.80. The fourth-order valence-electron chi connectivity index (χ4n) is 3.52. The number of hydrogen-bond acceptors (Lipinski definition) is 4. The maximum Gasteiger partial charge on any atom is 0.319 e. The number of aromatic nitrogens is 3. The molecule has 1 atom stereocenters. The predicted molar refractivity (Wildman–Crippen MR) is 107 cm³/mol. The number of carbonyl (C=O) groups is 1. The summed E-state index contributed by atoms with van der Waals surface area (Å²) >= 11 is 0. The van der Waals surface area contributed by atoms with Gasteiger partial charge in [0.2, 0.25) is 0 Å². The molecule has 1 fully saturated rings. The third-order valence-corrected chi connectivity index (χ3v) is 5.00. The predicted octanol–water partition coefficient (Wildman–Crippen LogP) is 3.73. The number of piperidine rings is 1. The molecule has 1 unspecified atom stereocenters. The molecule has 0 spiro atoms. The summed E-state index contributed by atoms with van der Waals surface area (Å²) in [6.07, 6.45) is 5.52. The van der Waals surface area contributed by atoms with Gasteiger partial charge in [0, 0.05) is 18.3 Å². The maximum absolute atomic E-state index is 12.6. The lowest BCUT2D eigenvalue weighted by Crippen LogP contribution is -2.34. The van der Waals surface area contributed by atoms with E-state index in [1.807, 2.05) is 29.7 Å². The summed E-state index contributed by atoms with van der Waals surface area (Å²) in [5.74, 6) is 0.752. The smallest absolute Gasteiger partial charge is 0.319 e. The van der Waals surface area contributed by atoms with Gasteiger partial charge < -0.3 is 15.2 Å². The van der Waals surface area contributed by atoms with Crippen LogP contribution in [0, 0.1) is 0 Å². The molecule has 0 aliphatic carbocycles. The quantitative estimate of drug-likeness (QED) is 0.812. The van der Waals surface area contributed by atoms with Crippen LogP contribution >= 0.6 is 0 Å². The van der Waals surface area contributed by atoms with E-state index < -0.39 is 0 Å². The van der Waals surface area contributed by atoms with Crippen molar-refractivity contribution >= 4 is 11.7 Å². The second-order valence-corrected chi connectivity index (χ2v) is 7.50. The van der Waals surface area contributed by atoms with Crippen molar-refractivity contribution in [3.05, 3.63) is 42.0 Å². The van der Waals surface area contributed by atoms with Crippen LogP contribution in [0.5, 0.6) is 0 Å². The average molecular weight is 371 g/mol. The van der Waals surface area contributed by atoms with Crippen molar-refractivity contribution in [3.63, 3.8) is 0 Å². The monoisotopic (exact) mass is 370 g/mol. The highest BCUT2D eigenvalue weighted by Gasteiger charge is 2.18. The van der Waals surface area contributed by atoms with Crippen molar-refractivity contribution in [3.8, 4) is 0 Å². The van der Waals surface area contributed by atoms with Gasteiger partial charge in [-0.25, -0.2) is 4.79 Å². The molecule has 2 aromatic rings. The van der Waals surface area contributed by atoms with E-state index >= 15 is 0 Å². The lowest BCUT2D eigenvalue weighted by atomic mass is 10.1. The number of amides is 2. The first-order chi connectivity index (χ1) is 13.0. The second kappa shape index (κ2) is 8.99. The molecule has 1 aliphatic rings. The highest BCUT2D eigenvalue weighted by atomic mass is 16.2. The van der Waals surface area contributed by atoms with Crippen LogP contribution in [0.1, 0.15) is 63.5 Å². The summed E-state index contributed by atoms with van der Waals surface area (Å²) in [5, 5.41) is 14.1. The second-order valence-electron chi connectivity index (χ2n) is 7.50. The Balaban J connectivity index is 1.63. The average Bonchev–Trinajstić information content (AvgIpc) is 3.14. The zero-order valence-corrected chi connectivity index (χ0v) is 16.5. The number of likely N-dealkylation sites (tertiary alicyclic amines) is 1. The first-order valence-electron chi connectivity index (χ1n) is 9.81. The van der Waals surface area contributed by atoms with Gasteiger partial charge in [-0.05, 0) is 58.3 Å². The summed E-state index contributed by atoms with van der Waals surface area (Å²) in [5.41, 5.74) is 2.01. The lowest BCUT2D eigenvalue weighted by Gasteiger charge is -2.27. The molecule has 1 aliphatic heterocycles. The molecule has 2 N–H and O–H groups in total. The van der Waals surface area contributed by atoms with E-state index in [-0.39, 0.29) is 18.1 Å². The van der Waals surface area contributed by atoms with E-state index in [0.717, 1.165) is 36.7 Å². The van der Waals surface area contributed by atoms with Gasteiger partial charge in [0.1, 0.15) is 6.33 Å². The van der Waals surface area contributed by atoms with Crippen LogP contribution in [-0.2, 0) is 6.54 Å². The van der Waals surface area contributed by atoms with Crippen molar-refractivity contribution in [1.82, 2.24) is 25.0 Å². The number of para-hydroxylation sites is 1. The van der Waals surface area contributed by atoms with Crippen molar-refractivity contribution in [2.45, 2.75) is 58.7 Å². The molecule has 146 valence electrons. The molecule has 0 radical (unpaired) electrons. The minimum Gasteiger partial charge on any atom is -0.328 e. The van der Waals surface area contributed by atoms with E-state index in [9.17, 15) is 4.79 Å². The SMILES string of the molecule is CC(NC(=O)Nc1ccccc1CN1CCCCC1)c1nncn1C(C)C. The van der Waals surface area contributed by atoms with Crippen molar-refractivity contribution < 1.29 is 4.79 Å². The van der Waals surface area contributed by atoms with Crippen LogP contribution in [0.15, 0.2) is 30.6 Å². The zero-order valence-electron chi connectivity index (χ0n) is 16.5. The number of hydrogen-bond donors (Lipinski definition) is 2. The number of urea groups is 1. The first kappa shape index (κ1) is 19.4. The maximum atomic E-state index is 12.6. The van der Waals surface area contributed by atoms with E-state index in [1.165, 1.54) is 19.3 Å². The zero-order chi connectivity index (χ0) is 19.2. The fraction of sp³-hybridized carbons (Fsp3) is 0.550. The Labute approximate surface area is 161 Å². The lowest BCUT2D eigenvalue weighted by molar-refractivity contribution is 0.221. The van der Waals surface area contributed by atoms with Gasteiger partial charge in [-0.15, -0.1) is 10.2 Å². The van der Waals surface area contributed by atoms with Crippen LogP contribution in [0.3, 0.4) is 0 Å². The van der Waals surface area contributed by atoms with Crippen LogP contribution < -0.4 is 10.6 Å². The summed E-state index contributed by atoms with van der Waals surface area (Å²) in [7, 11) is 0. The molecule has 7 nitrogen and oxygen atoms in total. The number of benzene rings is 1. The van der Waals surface area contributed by atoms with Crippen molar-refractivity contribution in [2.75, 3.05) is 18.4 Å². The molecule has 1 saturated heterocycles. The largest absolute Gasteiger partial charge is 0.328 e. The van der Waals surface area contributed by atoms with Crippen molar-refractivity contribution in [2.24, 2.45) is 0 Å². The first-order valence-corrected chi connectivity index (χ1v) is 9.81. The minimum absolute atomic E-state index is 0.230. The Morgan fingerprint density at radius 2 is 1.89 bits per heavy atom. The van der Waals surface area contributed by atoms with Gasteiger partial charge >= 0.3 is 6.03 Å². The molecular weight excluding hydrogens is 340 g/mol. The summed E-state index contributed by atoms with van der Waals surface area (Å²) in [4.78, 5) is 15.0. The van der Waals surface area contributed by atoms with Crippen molar-refractivity contribution in [1.29, 1.82) is 0 Å². The third kappa shape index (κ3) is 5.07. The Hall–Kier alpha value is -2.41. The number of anilines is 1. The number of rotatable bonds is 6. The highest BCUT2D eigenvalue weighted by molar-refractivity contribution is 5.90. The minimum atomic E-state index is -0.232. The molecule has 0 bridgehead atoms. The van der Waals surface area contributed by atoms with Gasteiger partial charge in [0.25, 0.3) is 0 Å². The van der Waals surface area contributed by atoms with E-state index in [2.05, 4.69) is 45.6 Å². The van der Waals surface area contributed by atoms with Gasteiger partial charge in [-0.1, -0.05) is 24.6 Å². The highest BCUT2D eigenvalue weighted by Crippen LogP contribution is 2.20. The molecule has 0 saturated carbocycles. The topological polar surface area (TPSA) is 75.1 Å². The molecular formula is C20H30N6O. The van der Waals surface area contributed by atoms with Gasteiger partial charge in [0.05, 0.1) is 6.04 Å². The molecule has 3 rings (SSSR count). The molecule has 1 aromatic heterocycles. The van der Waals surface area contributed by atoms with E-state index in [0.29, 0.717) is 0 Å². The van der Waals surface area contributed by atoms with Crippen LogP contribution in [0.2, 0.25) is 0 Å². The number of nitrogens with one attached hydrogen (secondary N) is 2. The van der Waals surface area contributed by atoms with Crippen LogP contribution in [0.4, 0.5) is 10.5 Å². The van der Waals surface area contributed by atoms with Gasteiger partial charge in [-0.3, -0.25) is 4.90 Å². The van der Waals surface area contributed by atoms with Crippen LogP contribution in [0.25, 0.3) is 0 Å². The third-order valence-electron chi connectivity index (χ3n) is 5.00. The van der Waals surface area contributed by atoms with E-state index in [1.54, 1.807) is 6.33 Å². The van der Waals surface area contributed by atoms with E-state index in [4.69, 9.17) is 0 Å². The number of carbonyl (C=O) groups excluding carboxylic acids is 1. The Morgan fingerprint density at radius 1 is 1.15 bits per heavy atom. The Morgan fingerprint density at radius 3 is 2.63 bits per heavy atom. The number of nitrogens with zero attached hydrogens (tertiary/aromatic N) is 4. The molecule has 1 aromatic carbocycles. The summed E-state index contributed by atoms with van der Waals surface area (Å²) < 4.78 is 1.97. The Bertz CT molecular complexity index is 750. The van der Waals surface area contributed by atoms with Gasteiger partial charge in [-0.2, -0.15) is 0 Å². The standard InChI is InChI=1S/C20H30N6O/c1-15(2)26-14-21-24-19(26)16(3)22-20(27)23-18-10-6-5-9-17(18)13-25-11-7-4-8-12-25/h5-6,9-10,14-16H,4,7-8,11-13H2,1-3H3,(H2,22,23,27). The molecule has 7 heteroatoms. The normalized spacial score (nSPS) is 16.3. The Kier molecular flexibility index (Phi) is 6.45. The summed E-state index contributed by atoms with van der Waals surface area (Å²) in [6.45, 7) is 9.17. The van der Waals surface area contributed by atoms with Gasteiger partial charge in [0.15, 0.2) is 5.82 Å². The van der Waals surface area contributed by atoms with Crippen LogP contribution in [-0.4, -0.2) is 38.8 Å². The molecule has 27 heavy (non-hydrogen) atoms. The molecule has 2 heterocycles. The molecule has 2 amide bonds. The fourth-order valence-corrected chi connectivity index (χ4v) is 3.52.